The topological polar surface area (TPSA) is 59.8 Å². The molecule has 0 bridgehead atoms. The van der Waals surface area contributed by atoms with Crippen molar-refractivity contribution in [3.8, 4) is 0 Å². The predicted molar refractivity (Wildman–Crippen MR) is 67.4 cm³/mol. The van der Waals surface area contributed by atoms with Gasteiger partial charge in [-0.15, -0.1) is 11.3 Å². The Hall–Kier alpha value is -1.69. The standard InChI is InChI=1S/C11H14N4OS/c1-7(2)8-6-17-11(13-8)14-10(16)9-4-5-12-15(9)3/h4-7H,1-3H3,(H,13,14,16). The lowest BCUT2D eigenvalue weighted by atomic mass is 10.2. The van der Waals surface area contributed by atoms with E-state index < -0.39 is 0 Å². The quantitative estimate of drug-likeness (QED) is 0.909. The van der Waals surface area contributed by atoms with E-state index in [1.165, 1.54) is 16.0 Å². The second-order valence-electron chi connectivity index (χ2n) is 4.03. The van der Waals surface area contributed by atoms with E-state index in [2.05, 4.69) is 29.2 Å². The van der Waals surface area contributed by atoms with E-state index in [-0.39, 0.29) is 5.91 Å². The number of nitrogens with zero attached hydrogens (tertiary/aromatic N) is 3. The van der Waals surface area contributed by atoms with Crippen molar-refractivity contribution >= 4 is 22.4 Å². The van der Waals surface area contributed by atoms with Crippen LogP contribution in [0.2, 0.25) is 0 Å². The van der Waals surface area contributed by atoms with E-state index in [4.69, 9.17) is 0 Å². The summed E-state index contributed by atoms with van der Waals surface area (Å²) in [6.45, 7) is 4.14. The molecule has 0 aliphatic carbocycles. The summed E-state index contributed by atoms with van der Waals surface area (Å²) in [4.78, 5) is 16.2. The van der Waals surface area contributed by atoms with E-state index in [0.717, 1.165) is 5.69 Å². The molecule has 2 aromatic rings. The highest BCUT2D eigenvalue weighted by Crippen LogP contribution is 2.21. The monoisotopic (exact) mass is 250 g/mol. The van der Waals surface area contributed by atoms with Crippen LogP contribution >= 0.6 is 11.3 Å². The first-order valence-electron chi connectivity index (χ1n) is 5.32. The maximum atomic E-state index is 11.9. The number of nitrogens with one attached hydrogen (secondary N) is 1. The van der Waals surface area contributed by atoms with Crippen LogP contribution in [0.15, 0.2) is 17.6 Å². The van der Waals surface area contributed by atoms with Gasteiger partial charge in [0, 0.05) is 18.6 Å². The van der Waals surface area contributed by atoms with E-state index in [1.54, 1.807) is 19.3 Å². The van der Waals surface area contributed by atoms with Crippen molar-refractivity contribution in [1.29, 1.82) is 0 Å². The van der Waals surface area contributed by atoms with Crippen molar-refractivity contribution < 1.29 is 4.79 Å². The van der Waals surface area contributed by atoms with E-state index in [9.17, 15) is 4.79 Å². The van der Waals surface area contributed by atoms with Gasteiger partial charge in [-0.1, -0.05) is 13.8 Å². The number of carbonyl (C=O) groups excluding carboxylic acids is 1. The molecule has 0 saturated heterocycles. The lowest BCUT2D eigenvalue weighted by Crippen LogP contribution is -2.16. The molecule has 0 unspecified atom stereocenters. The van der Waals surface area contributed by atoms with Crippen LogP contribution in [0.5, 0.6) is 0 Å². The Balaban J connectivity index is 2.11. The summed E-state index contributed by atoms with van der Waals surface area (Å²) in [6.07, 6.45) is 1.59. The minimum absolute atomic E-state index is 0.186. The number of hydrogen-bond donors (Lipinski definition) is 1. The second-order valence-corrected chi connectivity index (χ2v) is 4.88. The van der Waals surface area contributed by atoms with Crippen molar-refractivity contribution in [2.24, 2.45) is 7.05 Å². The van der Waals surface area contributed by atoms with Crippen LogP contribution in [-0.2, 0) is 7.05 Å². The van der Waals surface area contributed by atoms with E-state index in [0.29, 0.717) is 16.7 Å². The zero-order valence-electron chi connectivity index (χ0n) is 9.97. The highest BCUT2D eigenvalue weighted by atomic mass is 32.1. The molecule has 2 heterocycles. The first kappa shape index (κ1) is 11.8. The van der Waals surface area contributed by atoms with Crippen LogP contribution in [-0.4, -0.2) is 20.7 Å². The molecule has 2 rings (SSSR count). The molecule has 6 heteroatoms. The van der Waals surface area contributed by atoms with Crippen molar-refractivity contribution in [1.82, 2.24) is 14.8 Å². The first-order chi connectivity index (χ1) is 8.08. The van der Waals surface area contributed by atoms with Crippen molar-refractivity contribution in [2.45, 2.75) is 19.8 Å². The molecular formula is C11H14N4OS. The molecule has 2 aromatic heterocycles. The molecule has 0 radical (unpaired) electrons. The summed E-state index contributed by atoms with van der Waals surface area (Å²) in [5.74, 6) is 0.184. The average molecular weight is 250 g/mol. The zero-order valence-corrected chi connectivity index (χ0v) is 10.8. The van der Waals surface area contributed by atoms with Crippen LogP contribution < -0.4 is 5.32 Å². The molecule has 17 heavy (non-hydrogen) atoms. The largest absolute Gasteiger partial charge is 0.296 e. The van der Waals surface area contributed by atoms with Gasteiger partial charge in [0.1, 0.15) is 5.69 Å². The number of thiazole rings is 1. The number of rotatable bonds is 3. The van der Waals surface area contributed by atoms with Crippen LogP contribution in [0.1, 0.15) is 35.9 Å². The van der Waals surface area contributed by atoms with Gasteiger partial charge in [0.25, 0.3) is 5.91 Å². The fraction of sp³-hybridized carbons (Fsp3) is 0.364. The molecule has 0 saturated carbocycles. The van der Waals surface area contributed by atoms with Crippen molar-refractivity contribution in [3.63, 3.8) is 0 Å². The van der Waals surface area contributed by atoms with Crippen molar-refractivity contribution in [3.05, 3.63) is 29.0 Å². The molecule has 5 nitrogen and oxygen atoms in total. The Labute approximate surface area is 103 Å². The molecule has 0 aliphatic rings. The molecule has 0 atom stereocenters. The number of aryl methyl sites for hydroxylation is 1. The maximum Gasteiger partial charge on any atom is 0.275 e. The first-order valence-corrected chi connectivity index (χ1v) is 6.20. The van der Waals surface area contributed by atoms with E-state index in [1.807, 2.05) is 5.38 Å². The predicted octanol–water partition coefficient (Wildman–Crippen LogP) is 2.25. The van der Waals surface area contributed by atoms with Gasteiger partial charge in [-0.05, 0) is 12.0 Å². The molecule has 0 aliphatic heterocycles. The number of amides is 1. The Bertz CT molecular complexity index is 529. The summed E-state index contributed by atoms with van der Waals surface area (Å²) in [5.41, 5.74) is 1.52. The van der Waals surface area contributed by atoms with Crippen LogP contribution in [0.4, 0.5) is 5.13 Å². The van der Waals surface area contributed by atoms with Crippen LogP contribution in [0, 0.1) is 0 Å². The Morgan fingerprint density at radius 2 is 2.29 bits per heavy atom. The van der Waals surface area contributed by atoms with Gasteiger partial charge in [0.05, 0.1) is 5.69 Å². The van der Waals surface area contributed by atoms with Gasteiger partial charge in [-0.2, -0.15) is 5.10 Å². The van der Waals surface area contributed by atoms with E-state index >= 15 is 0 Å². The van der Waals surface area contributed by atoms with Crippen LogP contribution in [0.25, 0.3) is 0 Å². The van der Waals surface area contributed by atoms with Crippen molar-refractivity contribution in [2.75, 3.05) is 5.32 Å². The summed E-state index contributed by atoms with van der Waals surface area (Å²) in [7, 11) is 1.73. The highest BCUT2D eigenvalue weighted by molar-refractivity contribution is 7.14. The fourth-order valence-corrected chi connectivity index (χ4v) is 2.23. The summed E-state index contributed by atoms with van der Waals surface area (Å²) < 4.78 is 1.53. The lowest BCUT2D eigenvalue weighted by Gasteiger charge is -2.01. The second kappa shape index (κ2) is 4.67. The molecule has 0 fully saturated rings. The van der Waals surface area contributed by atoms with Crippen LogP contribution in [0.3, 0.4) is 0 Å². The maximum absolute atomic E-state index is 11.9. The summed E-state index contributed by atoms with van der Waals surface area (Å²) in [6, 6.07) is 1.67. The summed E-state index contributed by atoms with van der Waals surface area (Å²) >= 11 is 1.44. The number of carbonyl (C=O) groups is 1. The molecule has 0 spiro atoms. The Kier molecular flexibility index (Phi) is 3.23. The Morgan fingerprint density at radius 1 is 1.53 bits per heavy atom. The molecule has 1 N–H and O–H groups in total. The van der Waals surface area contributed by atoms with Gasteiger partial charge in [0.15, 0.2) is 5.13 Å². The fourth-order valence-electron chi connectivity index (χ4n) is 1.37. The number of aromatic nitrogens is 3. The van der Waals surface area contributed by atoms with Gasteiger partial charge in [-0.3, -0.25) is 14.8 Å². The molecule has 90 valence electrons. The summed E-state index contributed by atoms with van der Waals surface area (Å²) in [5, 5.41) is 9.31. The number of anilines is 1. The Morgan fingerprint density at radius 3 is 2.82 bits per heavy atom. The minimum atomic E-state index is -0.186. The average Bonchev–Trinajstić information content (AvgIpc) is 2.86. The molecule has 1 amide bonds. The van der Waals surface area contributed by atoms with Gasteiger partial charge in [0.2, 0.25) is 0 Å². The molecule has 0 aromatic carbocycles. The molecular weight excluding hydrogens is 236 g/mol. The highest BCUT2D eigenvalue weighted by Gasteiger charge is 2.12. The van der Waals surface area contributed by atoms with Gasteiger partial charge < -0.3 is 0 Å². The SMILES string of the molecule is CC(C)c1csc(NC(=O)c2ccnn2C)n1. The third-order valence-corrected chi connectivity index (χ3v) is 3.16. The number of hydrogen-bond acceptors (Lipinski definition) is 4. The lowest BCUT2D eigenvalue weighted by molar-refractivity contribution is 0.101. The third-order valence-electron chi connectivity index (χ3n) is 2.39. The van der Waals surface area contributed by atoms with Gasteiger partial charge in [-0.25, -0.2) is 4.98 Å². The third kappa shape index (κ3) is 2.52. The van der Waals surface area contributed by atoms with Gasteiger partial charge >= 0.3 is 0 Å². The minimum Gasteiger partial charge on any atom is -0.296 e. The zero-order chi connectivity index (χ0) is 12.4. The normalized spacial score (nSPS) is 10.8. The smallest absolute Gasteiger partial charge is 0.275 e.